The fourth-order valence-electron chi connectivity index (χ4n) is 3.98. The summed E-state index contributed by atoms with van der Waals surface area (Å²) in [5.74, 6) is 0.354. The van der Waals surface area contributed by atoms with E-state index in [1.165, 1.54) is 11.8 Å². The van der Waals surface area contributed by atoms with E-state index in [0.29, 0.717) is 56.4 Å². The second-order valence-corrected chi connectivity index (χ2v) is 8.34. The lowest BCUT2D eigenvalue weighted by molar-refractivity contribution is 0.0295. The normalized spacial score (nSPS) is 13.6. The molecule has 8 nitrogen and oxygen atoms in total. The molecule has 2 heterocycles. The van der Waals surface area contributed by atoms with E-state index in [1.807, 2.05) is 45.0 Å². The molecule has 0 unspecified atom stereocenters. The number of ether oxygens (including phenoxy) is 2. The number of benzene rings is 2. The largest absolute Gasteiger partial charge is 0.489 e. The summed E-state index contributed by atoms with van der Waals surface area (Å²) in [7, 11) is 0. The lowest BCUT2D eigenvalue weighted by Crippen LogP contribution is -2.41. The zero-order chi connectivity index (χ0) is 24.1. The monoisotopic (exact) mass is 462 g/mol. The summed E-state index contributed by atoms with van der Waals surface area (Å²) in [6, 6.07) is 13.3. The number of carbonyl (C=O) groups excluding carboxylic acids is 2. The van der Waals surface area contributed by atoms with Gasteiger partial charge in [-0.05, 0) is 50.1 Å². The lowest BCUT2D eigenvalue weighted by atomic mass is 10.1. The van der Waals surface area contributed by atoms with Crippen molar-refractivity contribution in [1.82, 2.24) is 14.7 Å². The van der Waals surface area contributed by atoms with Gasteiger partial charge in [0.15, 0.2) is 0 Å². The van der Waals surface area contributed by atoms with Gasteiger partial charge in [-0.25, -0.2) is 0 Å². The Morgan fingerprint density at radius 2 is 1.91 bits per heavy atom. The van der Waals surface area contributed by atoms with Gasteiger partial charge in [0.2, 0.25) is 0 Å². The van der Waals surface area contributed by atoms with Crippen LogP contribution in [-0.2, 0) is 17.9 Å². The molecule has 0 saturated carbocycles. The average molecular weight is 463 g/mol. The van der Waals surface area contributed by atoms with Gasteiger partial charge in [-0.1, -0.05) is 29.8 Å². The Morgan fingerprint density at radius 1 is 1.12 bits per heavy atom. The SMILES string of the molecule is CCn1ncc(NC(=O)c2cccc(COc3ccc(C)cc3C)c2)c1C(=O)N1CCOCC1. The minimum Gasteiger partial charge on any atom is -0.489 e. The van der Waals surface area contributed by atoms with Crippen molar-refractivity contribution in [3.05, 3.63) is 76.6 Å². The van der Waals surface area contributed by atoms with E-state index in [-0.39, 0.29) is 11.8 Å². The van der Waals surface area contributed by atoms with Crippen LogP contribution in [0.5, 0.6) is 5.75 Å². The lowest BCUT2D eigenvalue weighted by Gasteiger charge is -2.27. The second-order valence-electron chi connectivity index (χ2n) is 8.34. The first-order valence-electron chi connectivity index (χ1n) is 11.5. The molecule has 1 saturated heterocycles. The van der Waals surface area contributed by atoms with E-state index in [9.17, 15) is 9.59 Å². The Morgan fingerprint density at radius 3 is 2.65 bits per heavy atom. The van der Waals surface area contributed by atoms with E-state index < -0.39 is 0 Å². The quantitative estimate of drug-likeness (QED) is 0.577. The Labute approximate surface area is 199 Å². The molecular formula is C26H30N4O4. The topological polar surface area (TPSA) is 85.7 Å². The van der Waals surface area contributed by atoms with E-state index in [4.69, 9.17) is 9.47 Å². The number of hydrogen-bond donors (Lipinski definition) is 1. The highest BCUT2D eigenvalue weighted by molar-refractivity contribution is 6.08. The molecule has 1 fully saturated rings. The smallest absolute Gasteiger partial charge is 0.274 e. The predicted molar refractivity (Wildman–Crippen MR) is 129 cm³/mol. The minimum atomic E-state index is -0.306. The molecule has 0 aliphatic carbocycles. The van der Waals surface area contributed by atoms with Crippen molar-refractivity contribution in [2.45, 2.75) is 33.9 Å². The van der Waals surface area contributed by atoms with Gasteiger partial charge in [-0.2, -0.15) is 5.10 Å². The standard InChI is InChI=1S/C26H30N4O4/c1-4-30-24(26(32)29-10-12-33-13-11-29)22(16-27-30)28-25(31)21-7-5-6-20(15-21)17-34-23-9-8-18(2)14-19(23)3/h5-9,14-16H,4,10-13,17H2,1-3H3,(H,28,31). The highest BCUT2D eigenvalue weighted by atomic mass is 16.5. The first-order valence-corrected chi connectivity index (χ1v) is 11.5. The molecule has 8 heteroatoms. The molecule has 3 aromatic rings. The number of morpholine rings is 1. The molecule has 1 N–H and O–H groups in total. The fraction of sp³-hybridized carbons (Fsp3) is 0.346. The minimum absolute atomic E-state index is 0.159. The third-order valence-corrected chi connectivity index (χ3v) is 5.80. The Balaban J connectivity index is 1.48. The molecular weight excluding hydrogens is 432 g/mol. The summed E-state index contributed by atoms with van der Waals surface area (Å²) in [6.45, 7) is 8.88. The van der Waals surface area contributed by atoms with Crippen molar-refractivity contribution in [3.63, 3.8) is 0 Å². The third kappa shape index (κ3) is 5.28. The van der Waals surface area contributed by atoms with Crippen LogP contribution in [-0.4, -0.2) is 52.8 Å². The van der Waals surface area contributed by atoms with Crippen LogP contribution in [0.3, 0.4) is 0 Å². The van der Waals surface area contributed by atoms with Gasteiger partial charge in [0.25, 0.3) is 11.8 Å². The molecule has 2 amide bonds. The molecule has 0 radical (unpaired) electrons. The molecule has 2 aromatic carbocycles. The first-order chi connectivity index (χ1) is 16.5. The summed E-state index contributed by atoms with van der Waals surface area (Å²) < 4.78 is 12.9. The van der Waals surface area contributed by atoms with Crippen LogP contribution >= 0.6 is 0 Å². The highest BCUT2D eigenvalue weighted by Crippen LogP contribution is 2.22. The van der Waals surface area contributed by atoms with Crippen molar-refractivity contribution >= 4 is 17.5 Å². The number of carbonyl (C=O) groups is 2. The number of rotatable bonds is 7. The van der Waals surface area contributed by atoms with Crippen molar-refractivity contribution in [2.24, 2.45) is 0 Å². The summed E-state index contributed by atoms with van der Waals surface area (Å²) in [5, 5.41) is 7.17. The number of aryl methyl sites for hydroxylation is 3. The van der Waals surface area contributed by atoms with E-state index in [1.54, 1.807) is 21.7 Å². The van der Waals surface area contributed by atoms with Crippen LogP contribution in [0.25, 0.3) is 0 Å². The van der Waals surface area contributed by atoms with Gasteiger partial charge in [-0.3, -0.25) is 14.3 Å². The molecule has 0 bridgehead atoms. The van der Waals surface area contributed by atoms with Gasteiger partial charge < -0.3 is 19.7 Å². The highest BCUT2D eigenvalue weighted by Gasteiger charge is 2.26. The average Bonchev–Trinajstić information content (AvgIpc) is 3.26. The molecule has 4 rings (SSSR count). The number of aromatic nitrogens is 2. The van der Waals surface area contributed by atoms with Crippen LogP contribution in [0.2, 0.25) is 0 Å². The van der Waals surface area contributed by atoms with Crippen LogP contribution in [0, 0.1) is 13.8 Å². The van der Waals surface area contributed by atoms with Gasteiger partial charge in [0, 0.05) is 25.2 Å². The maximum absolute atomic E-state index is 13.1. The molecule has 0 atom stereocenters. The molecule has 34 heavy (non-hydrogen) atoms. The van der Waals surface area contributed by atoms with Gasteiger partial charge >= 0.3 is 0 Å². The molecule has 1 aromatic heterocycles. The zero-order valence-corrected chi connectivity index (χ0v) is 19.8. The van der Waals surface area contributed by atoms with Crippen LogP contribution in [0.15, 0.2) is 48.7 Å². The number of nitrogens with zero attached hydrogens (tertiary/aromatic N) is 3. The molecule has 1 aliphatic heterocycles. The van der Waals surface area contributed by atoms with E-state index in [2.05, 4.69) is 16.5 Å². The summed E-state index contributed by atoms with van der Waals surface area (Å²) in [6.07, 6.45) is 1.53. The Kier molecular flexibility index (Phi) is 7.27. The molecule has 0 spiro atoms. The Bertz CT molecular complexity index is 1180. The fourth-order valence-corrected chi connectivity index (χ4v) is 3.98. The second kappa shape index (κ2) is 10.5. The first kappa shape index (κ1) is 23.5. The number of amides is 2. The Hall–Kier alpha value is -3.65. The van der Waals surface area contributed by atoms with E-state index >= 15 is 0 Å². The van der Waals surface area contributed by atoms with Gasteiger partial charge in [0.05, 0.1) is 25.1 Å². The molecule has 1 aliphatic rings. The van der Waals surface area contributed by atoms with Crippen molar-refractivity contribution in [1.29, 1.82) is 0 Å². The zero-order valence-electron chi connectivity index (χ0n) is 19.8. The maximum Gasteiger partial charge on any atom is 0.274 e. The van der Waals surface area contributed by atoms with Gasteiger partial charge in [0.1, 0.15) is 18.1 Å². The summed E-state index contributed by atoms with van der Waals surface area (Å²) in [4.78, 5) is 27.9. The van der Waals surface area contributed by atoms with Crippen molar-refractivity contribution in [3.8, 4) is 5.75 Å². The van der Waals surface area contributed by atoms with Crippen LogP contribution in [0.4, 0.5) is 5.69 Å². The number of hydrogen-bond acceptors (Lipinski definition) is 5. The van der Waals surface area contributed by atoms with E-state index in [0.717, 1.165) is 16.9 Å². The molecule has 178 valence electrons. The van der Waals surface area contributed by atoms with Crippen LogP contribution in [0.1, 0.15) is 44.5 Å². The van der Waals surface area contributed by atoms with Crippen molar-refractivity contribution < 1.29 is 19.1 Å². The number of nitrogens with one attached hydrogen (secondary N) is 1. The summed E-state index contributed by atoms with van der Waals surface area (Å²) >= 11 is 0. The van der Waals surface area contributed by atoms with Crippen LogP contribution < -0.4 is 10.1 Å². The predicted octanol–water partition coefficient (Wildman–Crippen LogP) is 3.82. The number of anilines is 1. The maximum atomic E-state index is 13.1. The summed E-state index contributed by atoms with van der Waals surface area (Å²) in [5.41, 5.74) is 4.39. The third-order valence-electron chi connectivity index (χ3n) is 5.80. The van der Waals surface area contributed by atoms with Crippen molar-refractivity contribution in [2.75, 3.05) is 31.6 Å². The van der Waals surface area contributed by atoms with Gasteiger partial charge in [-0.15, -0.1) is 0 Å².